The lowest BCUT2D eigenvalue weighted by atomic mass is 10.1. The molecular weight excluding hydrogens is 192 g/mol. The van der Waals surface area contributed by atoms with E-state index in [9.17, 15) is 0 Å². The van der Waals surface area contributed by atoms with Gasteiger partial charge in [-0.3, -0.25) is 4.90 Å². The first-order valence-corrected chi connectivity index (χ1v) is 5.16. The summed E-state index contributed by atoms with van der Waals surface area (Å²) in [5.41, 5.74) is 7.72. The summed E-state index contributed by atoms with van der Waals surface area (Å²) >= 11 is 0. The van der Waals surface area contributed by atoms with Gasteiger partial charge in [-0.15, -0.1) is 0 Å². The topological polar surface area (TPSA) is 64.3 Å². The van der Waals surface area contributed by atoms with Gasteiger partial charge in [0, 0.05) is 19.5 Å². The van der Waals surface area contributed by atoms with Gasteiger partial charge in [-0.2, -0.15) is 4.98 Å². The maximum Gasteiger partial charge on any atom is 0.223 e. The number of hydrogen-bond acceptors (Lipinski definition) is 5. The third kappa shape index (κ3) is 1.87. The molecule has 0 unspecified atom stereocenters. The zero-order valence-electron chi connectivity index (χ0n) is 9.16. The third-order valence-corrected chi connectivity index (χ3v) is 2.76. The Morgan fingerprint density at radius 2 is 2.27 bits per heavy atom. The average Bonchev–Trinajstić information content (AvgIpc) is 2.27. The first kappa shape index (κ1) is 10.2. The van der Waals surface area contributed by atoms with Crippen molar-refractivity contribution in [3.8, 4) is 5.88 Å². The number of nitrogen functional groups attached to an aromatic ring is 1. The molecular formula is C10H16N4O. The molecule has 1 aromatic rings. The second-order valence-electron chi connectivity index (χ2n) is 3.64. The lowest BCUT2D eigenvalue weighted by Crippen LogP contribution is -2.31. The van der Waals surface area contributed by atoms with E-state index in [4.69, 9.17) is 10.5 Å². The van der Waals surface area contributed by atoms with Crippen molar-refractivity contribution < 1.29 is 4.74 Å². The van der Waals surface area contributed by atoms with E-state index in [1.54, 1.807) is 7.11 Å². The molecule has 0 radical (unpaired) electrons. The molecule has 0 bridgehead atoms. The molecule has 5 heteroatoms. The fraction of sp³-hybridized carbons (Fsp3) is 0.600. The van der Waals surface area contributed by atoms with Crippen LogP contribution in [0.3, 0.4) is 0 Å². The Morgan fingerprint density at radius 3 is 2.93 bits per heavy atom. The Hall–Kier alpha value is -1.36. The van der Waals surface area contributed by atoms with Crippen LogP contribution in [0.4, 0.5) is 5.95 Å². The maximum atomic E-state index is 5.61. The normalized spacial score (nSPS) is 16.1. The molecule has 0 atom stereocenters. The van der Waals surface area contributed by atoms with Crippen LogP contribution < -0.4 is 10.5 Å². The quantitative estimate of drug-likeness (QED) is 0.764. The largest absolute Gasteiger partial charge is 0.481 e. The van der Waals surface area contributed by atoms with E-state index in [-0.39, 0.29) is 0 Å². The van der Waals surface area contributed by atoms with Crippen LogP contribution in [-0.2, 0) is 13.0 Å². The van der Waals surface area contributed by atoms with E-state index >= 15 is 0 Å². The minimum Gasteiger partial charge on any atom is -0.481 e. The standard InChI is InChI=1S/C10H16N4O/c1-3-14-5-4-8-7(6-14)9(15-2)13-10(11)12-8/h3-6H2,1-2H3,(H2,11,12,13). The Morgan fingerprint density at radius 1 is 1.47 bits per heavy atom. The van der Waals surface area contributed by atoms with Crippen LogP contribution in [0.5, 0.6) is 5.88 Å². The summed E-state index contributed by atoms with van der Waals surface area (Å²) in [7, 11) is 1.62. The molecule has 82 valence electrons. The minimum absolute atomic E-state index is 0.301. The smallest absolute Gasteiger partial charge is 0.223 e. The number of hydrogen-bond donors (Lipinski definition) is 1. The maximum absolute atomic E-state index is 5.61. The molecule has 0 aromatic carbocycles. The van der Waals surface area contributed by atoms with Crippen LogP contribution in [0.25, 0.3) is 0 Å². The molecule has 0 saturated heterocycles. The monoisotopic (exact) mass is 208 g/mol. The Labute approximate surface area is 89.3 Å². The number of rotatable bonds is 2. The molecule has 0 spiro atoms. The number of methoxy groups -OCH3 is 1. The number of nitrogens with zero attached hydrogens (tertiary/aromatic N) is 3. The molecule has 0 amide bonds. The Balaban J connectivity index is 2.39. The third-order valence-electron chi connectivity index (χ3n) is 2.76. The van der Waals surface area contributed by atoms with Crippen LogP contribution >= 0.6 is 0 Å². The summed E-state index contributed by atoms with van der Waals surface area (Å²) in [6.45, 7) is 5.07. The Kier molecular flexibility index (Phi) is 2.73. The first-order chi connectivity index (χ1) is 7.24. The lowest BCUT2D eigenvalue weighted by molar-refractivity contribution is 0.257. The molecule has 2 N–H and O–H groups in total. The van der Waals surface area contributed by atoms with Crippen LogP contribution in [0, 0.1) is 0 Å². The fourth-order valence-electron chi connectivity index (χ4n) is 1.90. The van der Waals surface area contributed by atoms with Crippen molar-refractivity contribution in [2.24, 2.45) is 0 Å². The van der Waals surface area contributed by atoms with Crippen molar-refractivity contribution >= 4 is 5.95 Å². The van der Waals surface area contributed by atoms with E-state index in [1.165, 1.54) is 0 Å². The van der Waals surface area contributed by atoms with Gasteiger partial charge < -0.3 is 10.5 Å². The van der Waals surface area contributed by atoms with Crippen LogP contribution in [-0.4, -0.2) is 35.1 Å². The molecule has 1 aromatic heterocycles. The molecule has 0 saturated carbocycles. The summed E-state index contributed by atoms with van der Waals surface area (Å²) in [5.74, 6) is 0.922. The highest BCUT2D eigenvalue weighted by Gasteiger charge is 2.21. The van der Waals surface area contributed by atoms with Crippen molar-refractivity contribution in [2.45, 2.75) is 19.9 Å². The van der Waals surface area contributed by atoms with E-state index in [0.717, 1.165) is 37.3 Å². The number of anilines is 1. The molecule has 2 rings (SSSR count). The first-order valence-electron chi connectivity index (χ1n) is 5.16. The molecule has 2 heterocycles. The molecule has 15 heavy (non-hydrogen) atoms. The van der Waals surface area contributed by atoms with Gasteiger partial charge in [0.05, 0.1) is 18.4 Å². The molecule has 0 fully saturated rings. The molecule has 1 aliphatic rings. The number of nitrogens with two attached hydrogens (primary N) is 1. The second-order valence-corrected chi connectivity index (χ2v) is 3.64. The summed E-state index contributed by atoms with van der Waals surface area (Å²) in [6.07, 6.45) is 0.923. The highest BCUT2D eigenvalue weighted by Crippen LogP contribution is 2.25. The number of aromatic nitrogens is 2. The van der Waals surface area contributed by atoms with Gasteiger partial charge in [-0.25, -0.2) is 4.98 Å². The van der Waals surface area contributed by atoms with Crippen molar-refractivity contribution in [3.05, 3.63) is 11.3 Å². The van der Waals surface area contributed by atoms with E-state index in [0.29, 0.717) is 11.8 Å². The summed E-state index contributed by atoms with van der Waals surface area (Å²) in [5, 5.41) is 0. The number of fused-ring (bicyclic) bond motifs is 1. The van der Waals surface area contributed by atoms with Crippen molar-refractivity contribution in [1.82, 2.24) is 14.9 Å². The van der Waals surface area contributed by atoms with E-state index in [2.05, 4.69) is 21.8 Å². The predicted octanol–water partition coefficient (Wildman–Crippen LogP) is 0.445. The number of ether oxygens (including phenoxy) is 1. The van der Waals surface area contributed by atoms with Crippen molar-refractivity contribution in [2.75, 3.05) is 25.9 Å². The second kappa shape index (κ2) is 4.02. The van der Waals surface area contributed by atoms with Gasteiger partial charge in [0.25, 0.3) is 0 Å². The van der Waals surface area contributed by atoms with Gasteiger partial charge >= 0.3 is 0 Å². The summed E-state index contributed by atoms with van der Waals surface area (Å²) < 4.78 is 5.23. The predicted molar refractivity (Wildman–Crippen MR) is 57.7 cm³/mol. The zero-order chi connectivity index (χ0) is 10.8. The van der Waals surface area contributed by atoms with Gasteiger partial charge in [-0.1, -0.05) is 6.92 Å². The van der Waals surface area contributed by atoms with E-state index < -0.39 is 0 Å². The zero-order valence-corrected chi connectivity index (χ0v) is 9.16. The van der Waals surface area contributed by atoms with Gasteiger partial charge in [0.15, 0.2) is 0 Å². The molecule has 5 nitrogen and oxygen atoms in total. The van der Waals surface area contributed by atoms with Crippen molar-refractivity contribution in [3.63, 3.8) is 0 Å². The lowest BCUT2D eigenvalue weighted by Gasteiger charge is -2.27. The summed E-state index contributed by atoms with van der Waals surface area (Å²) in [4.78, 5) is 10.7. The molecule has 0 aliphatic carbocycles. The van der Waals surface area contributed by atoms with E-state index in [1.807, 2.05) is 0 Å². The van der Waals surface area contributed by atoms with Gasteiger partial charge in [0.1, 0.15) is 0 Å². The SMILES string of the molecule is CCN1CCc2nc(N)nc(OC)c2C1. The van der Waals surface area contributed by atoms with Crippen LogP contribution in [0.2, 0.25) is 0 Å². The van der Waals surface area contributed by atoms with Crippen LogP contribution in [0.1, 0.15) is 18.2 Å². The van der Waals surface area contributed by atoms with Crippen molar-refractivity contribution in [1.29, 1.82) is 0 Å². The Bertz CT molecular complexity index is 349. The fourth-order valence-corrected chi connectivity index (χ4v) is 1.90. The molecule has 1 aliphatic heterocycles. The number of likely N-dealkylation sites (N-methyl/N-ethyl adjacent to an activating group) is 1. The van der Waals surface area contributed by atoms with Gasteiger partial charge in [-0.05, 0) is 6.54 Å². The van der Waals surface area contributed by atoms with Gasteiger partial charge in [0.2, 0.25) is 11.8 Å². The highest BCUT2D eigenvalue weighted by atomic mass is 16.5. The minimum atomic E-state index is 0.301. The summed E-state index contributed by atoms with van der Waals surface area (Å²) in [6, 6.07) is 0. The average molecular weight is 208 g/mol. The van der Waals surface area contributed by atoms with Crippen LogP contribution in [0.15, 0.2) is 0 Å². The highest BCUT2D eigenvalue weighted by molar-refractivity contribution is 5.37.